The molecule has 4 aromatic heterocycles. The van der Waals surface area contributed by atoms with Gasteiger partial charge in [0.15, 0.2) is 5.65 Å². The van der Waals surface area contributed by atoms with Crippen LogP contribution in [0, 0.1) is 0 Å². The largest absolute Gasteiger partial charge is 0.497 e. The minimum atomic E-state index is 0.421. The van der Waals surface area contributed by atoms with E-state index in [0.29, 0.717) is 22.2 Å². The van der Waals surface area contributed by atoms with Gasteiger partial charge < -0.3 is 9.72 Å². The van der Waals surface area contributed by atoms with Crippen LogP contribution in [0.3, 0.4) is 0 Å². The molecule has 5 aromatic rings. The van der Waals surface area contributed by atoms with Crippen LogP contribution in [-0.2, 0) is 6.42 Å². The lowest BCUT2D eigenvalue weighted by atomic mass is 10.1. The number of halogens is 2. The maximum atomic E-state index is 6.49. The van der Waals surface area contributed by atoms with Crippen molar-refractivity contribution in [2.75, 3.05) is 7.11 Å². The van der Waals surface area contributed by atoms with Crippen molar-refractivity contribution < 1.29 is 4.74 Å². The highest BCUT2D eigenvalue weighted by atomic mass is 35.5. The zero-order valence-electron chi connectivity index (χ0n) is 15.4. The quantitative estimate of drug-likeness (QED) is 0.404. The molecule has 0 aliphatic rings. The van der Waals surface area contributed by atoms with E-state index in [0.717, 1.165) is 39.7 Å². The summed E-state index contributed by atoms with van der Waals surface area (Å²) >= 11 is 12.4. The van der Waals surface area contributed by atoms with E-state index < -0.39 is 0 Å². The number of methoxy groups -OCH3 is 1. The first-order valence-electron chi connectivity index (χ1n) is 8.93. The minimum Gasteiger partial charge on any atom is -0.497 e. The fourth-order valence-corrected chi connectivity index (χ4v) is 3.78. The fraction of sp³-hybridized carbons (Fsp3) is 0.0952. The molecule has 5 rings (SSSR count). The summed E-state index contributed by atoms with van der Waals surface area (Å²) in [6.45, 7) is 0. The normalized spacial score (nSPS) is 11.4. The van der Waals surface area contributed by atoms with Crippen LogP contribution in [0.1, 0.15) is 11.5 Å². The van der Waals surface area contributed by atoms with Gasteiger partial charge in [0.1, 0.15) is 22.4 Å². The van der Waals surface area contributed by atoms with Gasteiger partial charge in [-0.05, 0) is 42.5 Å². The molecule has 1 N–H and O–H groups in total. The van der Waals surface area contributed by atoms with Crippen LogP contribution >= 0.6 is 23.2 Å². The van der Waals surface area contributed by atoms with Crippen molar-refractivity contribution in [3.05, 3.63) is 76.4 Å². The summed E-state index contributed by atoms with van der Waals surface area (Å²) in [5.41, 5.74) is 5.02. The molecule has 0 aliphatic carbocycles. The van der Waals surface area contributed by atoms with E-state index in [-0.39, 0.29) is 0 Å². The molecule has 0 radical (unpaired) electrons. The molecule has 29 heavy (non-hydrogen) atoms. The molecule has 8 heteroatoms. The number of fused-ring (bicyclic) bond motifs is 2. The van der Waals surface area contributed by atoms with Crippen molar-refractivity contribution in [1.29, 1.82) is 0 Å². The number of rotatable bonds is 4. The van der Waals surface area contributed by atoms with Crippen LogP contribution in [0.15, 0.2) is 54.7 Å². The van der Waals surface area contributed by atoms with Gasteiger partial charge in [0, 0.05) is 18.2 Å². The van der Waals surface area contributed by atoms with Crippen molar-refractivity contribution >= 4 is 40.0 Å². The van der Waals surface area contributed by atoms with Crippen LogP contribution in [0.25, 0.3) is 28.1 Å². The summed E-state index contributed by atoms with van der Waals surface area (Å²) in [5.74, 6) is 1.50. The van der Waals surface area contributed by atoms with Crippen molar-refractivity contribution in [2.24, 2.45) is 0 Å². The Balaban J connectivity index is 1.54. The van der Waals surface area contributed by atoms with E-state index >= 15 is 0 Å². The summed E-state index contributed by atoms with van der Waals surface area (Å²) in [5, 5.41) is 1.04. The van der Waals surface area contributed by atoms with Crippen LogP contribution in [0.2, 0.25) is 10.2 Å². The number of pyridine rings is 2. The van der Waals surface area contributed by atoms with Crippen LogP contribution in [-0.4, -0.2) is 31.4 Å². The summed E-state index contributed by atoms with van der Waals surface area (Å²) < 4.78 is 7.28. The first kappa shape index (κ1) is 18.0. The topological polar surface area (TPSA) is 68.1 Å². The van der Waals surface area contributed by atoms with E-state index in [9.17, 15) is 0 Å². The Morgan fingerprint density at radius 1 is 1.03 bits per heavy atom. The van der Waals surface area contributed by atoms with Gasteiger partial charge in [0.2, 0.25) is 0 Å². The predicted octanol–water partition coefficient (Wildman–Crippen LogP) is 5.18. The number of H-pyrrole nitrogens is 1. The zero-order valence-corrected chi connectivity index (χ0v) is 16.9. The molecule has 0 amide bonds. The van der Waals surface area contributed by atoms with Gasteiger partial charge in [-0.3, -0.25) is 4.40 Å². The lowest BCUT2D eigenvalue weighted by molar-refractivity contribution is 0.415. The lowest BCUT2D eigenvalue weighted by Gasteiger charge is -2.09. The van der Waals surface area contributed by atoms with E-state index in [4.69, 9.17) is 32.9 Å². The highest BCUT2D eigenvalue weighted by Gasteiger charge is 2.13. The summed E-state index contributed by atoms with van der Waals surface area (Å²) in [7, 11) is 1.62. The Hall–Kier alpha value is -3.09. The molecule has 0 aliphatic heterocycles. The molecule has 0 bridgehead atoms. The van der Waals surface area contributed by atoms with Gasteiger partial charge in [-0.25, -0.2) is 15.0 Å². The van der Waals surface area contributed by atoms with Crippen LogP contribution in [0.5, 0.6) is 5.75 Å². The molecular formula is C21H15Cl2N5O. The number of nitrogens with one attached hydrogen (secondary N) is 1. The first-order chi connectivity index (χ1) is 14.1. The lowest BCUT2D eigenvalue weighted by Crippen LogP contribution is -1.92. The zero-order chi connectivity index (χ0) is 20.0. The van der Waals surface area contributed by atoms with E-state index in [2.05, 4.69) is 15.0 Å². The van der Waals surface area contributed by atoms with Gasteiger partial charge in [-0.15, -0.1) is 0 Å². The van der Waals surface area contributed by atoms with Gasteiger partial charge in [0.05, 0.1) is 29.0 Å². The number of hydrogen-bond donors (Lipinski definition) is 1. The fourth-order valence-electron chi connectivity index (χ4n) is 3.37. The molecule has 0 saturated carbocycles. The van der Waals surface area contributed by atoms with Crippen molar-refractivity contribution in [1.82, 2.24) is 24.3 Å². The Morgan fingerprint density at radius 2 is 1.93 bits per heavy atom. The molecule has 0 fully saturated rings. The van der Waals surface area contributed by atoms with E-state index in [1.54, 1.807) is 19.2 Å². The number of ether oxygens (including phenoxy) is 1. The second-order valence-corrected chi connectivity index (χ2v) is 7.38. The predicted molar refractivity (Wildman–Crippen MR) is 114 cm³/mol. The molecule has 0 atom stereocenters. The Morgan fingerprint density at radius 3 is 2.76 bits per heavy atom. The van der Waals surface area contributed by atoms with Gasteiger partial charge in [-0.2, -0.15) is 0 Å². The molecule has 0 unspecified atom stereocenters. The number of benzene rings is 1. The molecule has 4 heterocycles. The molecule has 144 valence electrons. The number of aromatic nitrogens is 5. The number of imidazole rings is 2. The second-order valence-electron chi connectivity index (χ2n) is 6.58. The number of aromatic amines is 1. The standard InChI is InChI=1S/C21H15Cl2N5O/c1-29-13-5-6-14(15(22)10-13)17-3-2-4-20-24-12(11-28(17)20)9-19-25-16-7-8-18(23)26-21(16)27-19/h2-8,10-11H,9H2,1H3,(H,25,26,27). The van der Waals surface area contributed by atoms with Crippen molar-refractivity contribution in [2.45, 2.75) is 6.42 Å². The van der Waals surface area contributed by atoms with Crippen molar-refractivity contribution in [3.8, 4) is 17.0 Å². The van der Waals surface area contributed by atoms with Crippen LogP contribution < -0.4 is 4.74 Å². The summed E-state index contributed by atoms with van der Waals surface area (Å²) in [4.78, 5) is 16.7. The van der Waals surface area contributed by atoms with E-state index in [1.807, 2.05) is 47.0 Å². The Labute approximate surface area is 176 Å². The smallest absolute Gasteiger partial charge is 0.179 e. The summed E-state index contributed by atoms with van der Waals surface area (Å²) in [6.07, 6.45) is 2.55. The van der Waals surface area contributed by atoms with Gasteiger partial charge in [-0.1, -0.05) is 29.3 Å². The Kier molecular flexibility index (Phi) is 4.38. The minimum absolute atomic E-state index is 0.421. The monoisotopic (exact) mass is 423 g/mol. The van der Waals surface area contributed by atoms with Gasteiger partial charge in [0.25, 0.3) is 0 Å². The maximum Gasteiger partial charge on any atom is 0.179 e. The van der Waals surface area contributed by atoms with Crippen LogP contribution in [0.4, 0.5) is 0 Å². The molecule has 0 spiro atoms. The van der Waals surface area contributed by atoms with Crippen molar-refractivity contribution in [3.63, 3.8) is 0 Å². The number of nitrogens with zero attached hydrogens (tertiary/aromatic N) is 4. The summed E-state index contributed by atoms with van der Waals surface area (Å²) in [6, 6.07) is 15.2. The van der Waals surface area contributed by atoms with E-state index in [1.165, 1.54) is 0 Å². The highest BCUT2D eigenvalue weighted by molar-refractivity contribution is 6.33. The third kappa shape index (κ3) is 3.30. The molecule has 1 aromatic carbocycles. The molecule has 6 nitrogen and oxygen atoms in total. The third-order valence-electron chi connectivity index (χ3n) is 4.70. The highest BCUT2D eigenvalue weighted by Crippen LogP contribution is 2.31. The van der Waals surface area contributed by atoms with Gasteiger partial charge >= 0.3 is 0 Å². The third-order valence-corrected chi connectivity index (χ3v) is 5.23. The SMILES string of the molecule is COc1ccc(-c2cccc3nc(Cc4nc5nc(Cl)ccc5[nH]4)cn23)c(Cl)c1. The average molecular weight is 424 g/mol. The second kappa shape index (κ2) is 7.06. The molecular weight excluding hydrogens is 409 g/mol. The number of hydrogen-bond acceptors (Lipinski definition) is 4. The molecule has 0 saturated heterocycles. The Bertz CT molecular complexity index is 1360. The first-order valence-corrected chi connectivity index (χ1v) is 9.68. The maximum absolute atomic E-state index is 6.49. The average Bonchev–Trinajstić information content (AvgIpc) is 3.30.